The van der Waals surface area contributed by atoms with E-state index in [1.807, 2.05) is 25.1 Å². The topological polar surface area (TPSA) is 50.3 Å². The quantitative estimate of drug-likeness (QED) is 0.792. The third kappa shape index (κ3) is 3.56. The van der Waals surface area contributed by atoms with Gasteiger partial charge < -0.3 is 0 Å². The van der Waals surface area contributed by atoms with Gasteiger partial charge >= 0.3 is 0 Å². The number of nitrogens with zero attached hydrogens (tertiary/aromatic N) is 2. The molecule has 1 aromatic carbocycles. The maximum atomic E-state index is 12.9. The molecule has 0 unspecified atom stereocenters. The number of para-hydroxylation sites is 1. The lowest BCUT2D eigenvalue weighted by Gasteiger charge is -2.23. The largest absolute Gasteiger partial charge is 0.275 e. The average molecular weight is 345 g/mol. The van der Waals surface area contributed by atoms with Gasteiger partial charge in [0.2, 0.25) is 0 Å². The molecule has 0 aliphatic heterocycles. The van der Waals surface area contributed by atoms with E-state index < -0.39 is 10.0 Å². The molecule has 1 heterocycles. The molecule has 0 aliphatic carbocycles. The fourth-order valence-corrected chi connectivity index (χ4v) is 5.31. The van der Waals surface area contributed by atoms with Crippen LogP contribution in [-0.4, -0.2) is 19.9 Å². The van der Waals surface area contributed by atoms with Gasteiger partial charge in [-0.15, -0.1) is 0 Å². The third-order valence-electron chi connectivity index (χ3n) is 3.01. The van der Waals surface area contributed by atoms with Crippen LogP contribution in [0.25, 0.3) is 0 Å². The van der Waals surface area contributed by atoms with Crippen molar-refractivity contribution in [1.29, 1.82) is 0 Å². The number of aryl methyl sites for hydroxylation is 1. The number of unbranched alkanes of at least 4 members (excludes halogenated alkanes) is 1. The number of hydrogen-bond donors (Lipinski definition) is 0. The van der Waals surface area contributed by atoms with E-state index in [2.05, 4.69) is 4.98 Å². The number of rotatable bonds is 6. The van der Waals surface area contributed by atoms with Gasteiger partial charge in [0.05, 0.1) is 11.4 Å². The van der Waals surface area contributed by atoms with E-state index in [1.54, 1.807) is 19.1 Å². The van der Waals surface area contributed by atoms with E-state index in [-0.39, 0.29) is 8.68 Å². The van der Waals surface area contributed by atoms with E-state index in [0.717, 1.165) is 24.2 Å². The molecule has 7 heteroatoms. The first-order chi connectivity index (χ1) is 9.96. The zero-order chi connectivity index (χ0) is 15.5. The molecule has 21 heavy (non-hydrogen) atoms. The first-order valence-corrected chi connectivity index (χ1v) is 9.31. The Morgan fingerprint density at radius 1 is 1.29 bits per heavy atom. The number of halogens is 1. The number of hydrogen-bond acceptors (Lipinski definition) is 4. The molecule has 0 amide bonds. The summed E-state index contributed by atoms with van der Waals surface area (Å²) in [5, 5.41) is 0. The van der Waals surface area contributed by atoms with Crippen LogP contribution in [0.15, 0.2) is 34.5 Å². The molecular weight excluding hydrogens is 328 g/mol. The number of benzene rings is 1. The Bertz CT molecular complexity index is 699. The first kappa shape index (κ1) is 16.3. The van der Waals surface area contributed by atoms with Crippen molar-refractivity contribution in [3.8, 4) is 0 Å². The summed E-state index contributed by atoms with van der Waals surface area (Å²) >= 11 is 6.85. The minimum absolute atomic E-state index is 0.215. The second-order valence-corrected chi connectivity index (χ2v) is 8.24. The molecule has 0 fully saturated rings. The summed E-state index contributed by atoms with van der Waals surface area (Å²) in [4.78, 5) is 4.01. The molecule has 2 aromatic rings. The zero-order valence-electron chi connectivity index (χ0n) is 11.9. The molecule has 4 nitrogen and oxygen atoms in total. The summed E-state index contributed by atoms with van der Waals surface area (Å²) < 4.78 is 27.7. The number of aromatic nitrogens is 1. The van der Waals surface area contributed by atoms with Crippen molar-refractivity contribution < 1.29 is 8.42 Å². The van der Waals surface area contributed by atoms with E-state index >= 15 is 0 Å². The van der Waals surface area contributed by atoms with Gasteiger partial charge in [0.15, 0.2) is 8.68 Å². The van der Waals surface area contributed by atoms with Gasteiger partial charge in [0, 0.05) is 6.54 Å². The Morgan fingerprint density at radius 2 is 1.95 bits per heavy atom. The highest BCUT2D eigenvalue weighted by atomic mass is 35.5. The van der Waals surface area contributed by atoms with Crippen LogP contribution in [0.2, 0.25) is 4.47 Å². The lowest BCUT2D eigenvalue weighted by Crippen LogP contribution is -2.31. The van der Waals surface area contributed by atoms with Gasteiger partial charge in [-0.1, -0.05) is 54.5 Å². The van der Waals surface area contributed by atoms with Crippen LogP contribution in [0, 0.1) is 6.92 Å². The first-order valence-electron chi connectivity index (χ1n) is 6.67. The Morgan fingerprint density at radius 3 is 2.48 bits per heavy atom. The van der Waals surface area contributed by atoms with E-state index in [9.17, 15) is 8.42 Å². The van der Waals surface area contributed by atoms with E-state index in [4.69, 9.17) is 11.6 Å². The summed E-state index contributed by atoms with van der Waals surface area (Å²) in [6.45, 7) is 4.14. The van der Waals surface area contributed by atoms with Gasteiger partial charge in [0.1, 0.15) is 0 Å². The smallest absolute Gasteiger partial charge is 0.266 e. The summed E-state index contributed by atoms with van der Waals surface area (Å²) in [6.07, 6.45) is 1.71. The Balaban J connectivity index is 2.47. The standard InChI is InChI=1S/C14H17ClN2O2S2/c1-3-4-10-17(12-8-6-5-7-9-12)21(18,19)13-11(2)16-14(15)20-13/h5-9H,3-4,10H2,1-2H3. The van der Waals surface area contributed by atoms with Crippen molar-refractivity contribution >= 4 is 38.6 Å². The lowest BCUT2D eigenvalue weighted by atomic mass is 10.3. The SMILES string of the molecule is CCCCN(c1ccccc1)S(=O)(=O)c1sc(Cl)nc1C. The average Bonchev–Trinajstić information content (AvgIpc) is 2.80. The normalized spacial score (nSPS) is 11.6. The van der Waals surface area contributed by atoms with Gasteiger partial charge in [-0.3, -0.25) is 4.31 Å². The fraction of sp³-hybridized carbons (Fsp3) is 0.357. The molecule has 2 rings (SSSR count). The van der Waals surface area contributed by atoms with Crippen LogP contribution in [-0.2, 0) is 10.0 Å². The van der Waals surface area contributed by atoms with Crippen molar-refractivity contribution in [2.75, 3.05) is 10.8 Å². The zero-order valence-corrected chi connectivity index (χ0v) is 14.3. The molecule has 0 saturated heterocycles. The van der Waals surface area contributed by atoms with Crippen molar-refractivity contribution in [3.05, 3.63) is 40.5 Å². The van der Waals surface area contributed by atoms with Gasteiger partial charge in [0.25, 0.3) is 10.0 Å². The van der Waals surface area contributed by atoms with Crippen molar-refractivity contribution in [3.63, 3.8) is 0 Å². The maximum absolute atomic E-state index is 12.9. The number of anilines is 1. The molecule has 0 radical (unpaired) electrons. The third-order valence-corrected chi connectivity index (χ3v) is 6.69. The van der Waals surface area contributed by atoms with Crippen LogP contribution in [0.3, 0.4) is 0 Å². The molecule has 0 spiro atoms. The minimum Gasteiger partial charge on any atom is -0.266 e. The van der Waals surface area contributed by atoms with Crippen LogP contribution in [0.1, 0.15) is 25.5 Å². The second kappa shape index (κ2) is 6.77. The Kier molecular flexibility index (Phi) is 5.24. The molecule has 0 aliphatic rings. The summed E-state index contributed by atoms with van der Waals surface area (Å²) in [7, 11) is -3.63. The summed E-state index contributed by atoms with van der Waals surface area (Å²) in [5.41, 5.74) is 1.11. The molecule has 0 saturated carbocycles. The monoisotopic (exact) mass is 344 g/mol. The molecule has 0 N–H and O–H groups in total. The highest BCUT2D eigenvalue weighted by Gasteiger charge is 2.29. The maximum Gasteiger partial charge on any atom is 0.275 e. The van der Waals surface area contributed by atoms with Crippen molar-refractivity contribution in [2.24, 2.45) is 0 Å². The second-order valence-electron chi connectivity index (χ2n) is 4.61. The van der Waals surface area contributed by atoms with Crippen LogP contribution in [0.4, 0.5) is 5.69 Å². The Labute approximate surface area is 134 Å². The van der Waals surface area contributed by atoms with E-state index in [0.29, 0.717) is 17.9 Å². The van der Waals surface area contributed by atoms with Crippen molar-refractivity contribution in [2.45, 2.75) is 30.9 Å². The molecule has 114 valence electrons. The highest BCUT2D eigenvalue weighted by Crippen LogP contribution is 2.32. The van der Waals surface area contributed by atoms with E-state index in [1.165, 1.54) is 4.31 Å². The van der Waals surface area contributed by atoms with Gasteiger partial charge in [-0.05, 0) is 25.5 Å². The van der Waals surface area contributed by atoms with Crippen LogP contribution >= 0.6 is 22.9 Å². The molecule has 0 bridgehead atoms. The van der Waals surface area contributed by atoms with Crippen LogP contribution < -0.4 is 4.31 Å². The highest BCUT2D eigenvalue weighted by molar-refractivity contribution is 7.94. The summed E-state index contributed by atoms with van der Waals surface area (Å²) in [6, 6.07) is 9.12. The predicted octanol–water partition coefficient (Wildman–Crippen LogP) is 4.10. The minimum atomic E-state index is -3.63. The van der Waals surface area contributed by atoms with Gasteiger partial charge in [-0.2, -0.15) is 0 Å². The van der Waals surface area contributed by atoms with Crippen LogP contribution in [0.5, 0.6) is 0 Å². The number of sulfonamides is 1. The molecular formula is C14H17ClN2O2S2. The molecule has 0 atom stereocenters. The molecule has 1 aromatic heterocycles. The van der Waals surface area contributed by atoms with Crippen molar-refractivity contribution in [1.82, 2.24) is 4.98 Å². The lowest BCUT2D eigenvalue weighted by molar-refractivity contribution is 0.590. The summed E-state index contributed by atoms with van der Waals surface area (Å²) in [5.74, 6) is 0. The Hall–Kier alpha value is -1.11. The number of thiazole rings is 1. The predicted molar refractivity (Wildman–Crippen MR) is 87.7 cm³/mol. The van der Waals surface area contributed by atoms with Gasteiger partial charge in [-0.25, -0.2) is 13.4 Å². The fourth-order valence-electron chi connectivity index (χ4n) is 1.97.